The molecule has 74 valence electrons. The molecule has 0 bridgehead atoms. The molecule has 0 radical (unpaired) electrons. The molecule has 4 heteroatoms. The lowest BCUT2D eigenvalue weighted by atomic mass is 10.2. The van der Waals surface area contributed by atoms with Crippen molar-refractivity contribution in [1.29, 1.82) is 0 Å². The van der Waals surface area contributed by atoms with E-state index in [1.165, 1.54) is 0 Å². The minimum Gasteiger partial charge on any atom is -0.392 e. The van der Waals surface area contributed by atoms with E-state index in [0.717, 1.165) is 16.6 Å². The Kier molecular flexibility index (Phi) is 2.13. The molecule has 0 aliphatic carbocycles. The summed E-state index contributed by atoms with van der Waals surface area (Å²) in [4.78, 5) is 14.2. The fraction of sp³-hybridized carbons (Fsp3) is 0.300. The molecule has 1 heterocycles. The van der Waals surface area contributed by atoms with Gasteiger partial charge in [0.25, 0.3) is 0 Å². The van der Waals surface area contributed by atoms with Crippen LogP contribution in [0, 0.1) is 0 Å². The lowest BCUT2D eigenvalue weighted by Crippen LogP contribution is -2.14. The van der Waals surface area contributed by atoms with Gasteiger partial charge in [-0.25, -0.2) is 4.79 Å². The summed E-state index contributed by atoms with van der Waals surface area (Å²) >= 11 is 0. The van der Waals surface area contributed by atoms with Gasteiger partial charge in [0.05, 0.1) is 17.6 Å². The summed E-state index contributed by atoms with van der Waals surface area (Å²) in [5.41, 5.74) is 2.38. The van der Waals surface area contributed by atoms with E-state index in [1.54, 1.807) is 10.6 Å². The maximum Gasteiger partial charge on any atom is 0.326 e. The molecule has 0 aliphatic rings. The van der Waals surface area contributed by atoms with E-state index in [1.807, 2.05) is 19.1 Å². The van der Waals surface area contributed by atoms with Gasteiger partial charge in [0.2, 0.25) is 0 Å². The topological polar surface area (TPSA) is 58.0 Å². The fourth-order valence-electron chi connectivity index (χ4n) is 1.61. The molecule has 0 atom stereocenters. The summed E-state index contributed by atoms with van der Waals surface area (Å²) in [5.74, 6) is 0. The Bertz CT molecular complexity index is 510. The van der Waals surface area contributed by atoms with Gasteiger partial charge in [-0.05, 0) is 24.6 Å². The first kappa shape index (κ1) is 9.02. The highest BCUT2D eigenvalue weighted by atomic mass is 16.3. The van der Waals surface area contributed by atoms with Crippen molar-refractivity contribution >= 4 is 11.0 Å². The number of hydrogen-bond donors (Lipinski definition) is 2. The van der Waals surface area contributed by atoms with Crippen molar-refractivity contribution in [2.75, 3.05) is 0 Å². The molecule has 0 unspecified atom stereocenters. The van der Waals surface area contributed by atoms with Crippen molar-refractivity contribution in [3.63, 3.8) is 0 Å². The van der Waals surface area contributed by atoms with Crippen molar-refractivity contribution in [1.82, 2.24) is 9.55 Å². The predicted molar refractivity (Wildman–Crippen MR) is 54.2 cm³/mol. The third kappa shape index (κ3) is 1.24. The lowest BCUT2D eigenvalue weighted by molar-refractivity contribution is 0.282. The second kappa shape index (κ2) is 3.31. The van der Waals surface area contributed by atoms with Gasteiger partial charge in [-0.1, -0.05) is 6.07 Å². The van der Waals surface area contributed by atoms with Crippen LogP contribution in [0.1, 0.15) is 12.5 Å². The second-order valence-corrected chi connectivity index (χ2v) is 3.18. The first-order chi connectivity index (χ1) is 6.76. The van der Waals surface area contributed by atoms with Crippen LogP contribution >= 0.6 is 0 Å². The molecule has 1 aromatic heterocycles. The van der Waals surface area contributed by atoms with E-state index in [2.05, 4.69) is 4.98 Å². The van der Waals surface area contributed by atoms with Gasteiger partial charge in [0.15, 0.2) is 0 Å². The summed E-state index contributed by atoms with van der Waals surface area (Å²) in [6, 6.07) is 5.45. The SMILES string of the molecule is CCn1c(=O)[nH]c2ccc(CO)cc21. The largest absolute Gasteiger partial charge is 0.392 e. The Hall–Kier alpha value is -1.55. The van der Waals surface area contributed by atoms with Gasteiger partial charge < -0.3 is 10.1 Å². The molecule has 1 aromatic carbocycles. The normalized spacial score (nSPS) is 11.0. The number of fused-ring (bicyclic) bond motifs is 1. The number of nitrogens with one attached hydrogen (secondary N) is 1. The van der Waals surface area contributed by atoms with Crippen LogP contribution in [-0.2, 0) is 13.2 Å². The third-order valence-electron chi connectivity index (χ3n) is 2.34. The van der Waals surface area contributed by atoms with Gasteiger partial charge in [-0.2, -0.15) is 0 Å². The summed E-state index contributed by atoms with van der Waals surface area (Å²) < 4.78 is 1.65. The Labute approximate surface area is 80.8 Å². The minimum absolute atomic E-state index is 0.000967. The number of aryl methyl sites for hydroxylation is 1. The first-order valence-corrected chi connectivity index (χ1v) is 4.58. The number of imidazole rings is 1. The number of aliphatic hydroxyl groups is 1. The Morgan fingerprint density at radius 2 is 2.29 bits per heavy atom. The van der Waals surface area contributed by atoms with Crippen LogP contribution in [0.3, 0.4) is 0 Å². The van der Waals surface area contributed by atoms with E-state index in [9.17, 15) is 4.79 Å². The van der Waals surface area contributed by atoms with Gasteiger partial charge in [0, 0.05) is 6.54 Å². The Morgan fingerprint density at radius 3 is 2.93 bits per heavy atom. The molecule has 2 N–H and O–H groups in total. The number of aliphatic hydroxyl groups excluding tert-OH is 1. The number of nitrogens with zero attached hydrogens (tertiary/aromatic N) is 1. The summed E-state index contributed by atoms with van der Waals surface area (Å²) in [6.45, 7) is 2.55. The van der Waals surface area contributed by atoms with Crippen molar-refractivity contribution in [2.24, 2.45) is 0 Å². The van der Waals surface area contributed by atoms with Crippen LogP contribution in [0.4, 0.5) is 0 Å². The van der Waals surface area contributed by atoms with E-state index in [-0.39, 0.29) is 12.3 Å². The monoisotopic (exact) mass is 192 g/mol. The average Bonchev–Trinajstić information content (AvgIpc) is 2.52. The van der Waals surface area contributed by atoms with Crippen LogP contribution < -0.4 is 5.69 Å². The number of H-pyrrole nitrogens is 1. The average molecular weight is 192 g/mol. The Morgan fingerprint density at radius 1 is 1.50 bits per heavy atom. The predicted octanol–water partition coefficient (Wildman–Crippen LogP) is 0.842. The van der Waals surface area contributed by atoms with E-state index in [4.69, 9.17) is 5.11 Å². The standard InChI is InChI=1S/C10H12N2O2/c1-2-12-9-5-7(6-13)3-4-8(9)11-10(12)14/h3-5,13H,2,6H2,1H3,(H,11,14). The molecule has 2 aromatic rings. The number of aromatic nitrogens is 2. The zero-order valence-electron chi connectivity index (χ0n) is 7.95. The van der Waals surface area contributed by atoms with E-state index < -0.39 is 0 Å². The van der Waals surface area contributed by atoms with E-state index >= 15 is 0 Å². The molecule has 0 amide bonds. The molecule has 0 saturated carbocycles. The molecule has 0 saturated heterocycles. The smallest absolute Gasteiger partial charge is 0.326 e. The number of rotatable bonds is 2. The second-order valence-electron chi connectivity index (χ2n) is 3.18. The quantitative estimate of drug-likeness (QED) is 0.740. The number of aromatic amines is 1. The first-order valence-electron chi connectivity index (χ1n) is 4.58. The number of benzene rings is 1. The molecule has 0 spiro atoms. The fourth-order valence-corrected chi connectivity index (χ4v) is 1.61. The van der Waals surface area contributed by atoms with Crippen molar-refractivity contribution in [3.8, 4) is 0 Å². The van der Waals surface area contributed by atoms with Gasteiger partial charge >= 0.3 is 5.69 Å². The zero-order chi connectivity index (χ0) is 10.1. The molecule has 14 heavy (non-hydrogen) atoms. The maximum absolute atomic E-state index is 11.4. The van der Waals surface area contributed by atoms with E-state index in [0.29, 0.717) is 6.54 Å². The highest BCUT2D eigenvalue weighted by Crippen LogP contribution is 2.12. The summed E-state index contributed by atoms with van der Waals surface area (Å²) in [7, 11) is 0. The molecular formula is C10H12N2O2. The van der Waals surface area contributed by atoms with Crippen LogP contribution in [0.25, 0.3) is 11.0 Å². The summed E-state index contributed by atoms with van der Waals surface area (Å²) in [5, 5.41) is 8.97. The Balaban J connectivity index is 2.77. The van der Waals surface area contributed by atoms with Crippen LogP contribution in [-0.4, -0.2) is 14.7 Å². The van der Waals surface area contributed by atoms with Crippen molar-refractivity contribution < 1.29 is 5.11 Å². The highest BCUT2D eigenvalue weighted by molar-refractivity contribution is 5.75. The van der Waals surface area contributed by atoms with Gasteiger partial charge in [0.1, 0.15) is 0 Å². The van der Waals surface area contributed by atoms with Crippen molar-refractivity contribution in [2.45, 2.75) is 20.1 Å². The molecule has 0 fully saturated rings. The minimum atomic E-state index is -0.0995. The zero-order valence-corrected chi connectivity index (χ0v) is 7.95. The van der Waals surface area contributed by atoms with Gasteiger partial charge in [-0.15, -0.1) is 0 Å². The van der Waals surface area contributed by atoms with Crippen LogP contribution in [0.5, 0.6) is 0 Å². The summed E-state index contributed by atoms with van der Waals surface area (Å²) in [6.07, 6.45) is 0. The molecule has 0 aliphatic heterocycles. The number of hydrogen-bond acceptors (Lipinski definition) is 2. The molecular weight excluding hydrogens is 180 g/mol. The van der Waals surface area contributed by atoms with Crippen LogP contribution in [0.15, 0.2) is 23.0 Å². The van der Waals surface area contributed by atoms with Crippen molar-refractivity contribution in [3.05, 3.63) is 34.2 Å². The third-order valence-corrected chi connectivity index (χ3v) is 2.34. The highest BCUT2D eigenvalue weighted by Gasteiger charge is 2.04. The molecule has 2 rings (SSSR count). The van der Waals surface area contributed by atoms with Gasteiger partial charge in [-0.3, -0.25) is 4.57 Å². The molecule has 4 nitrogen and oxygen atoms in total. The lowest BCUT2D eigenvalue weighted by Gasteiger charge is -1.99. The maximum atomic E-state index is 11.4. The van der Waals surface area contributed by atoms with Crippen LogP contribution in [0.2, 0.25) is 0 Å².